The second-order valence-corrected chi connectivity index (χ2v) is 3.20. The number of benzene rings is 1. The van der Waals surface area contributed by atoms with Gasteiger partial charge in [-0.05, 0) is 6.07 Å². The summed E-state index contributed by atoms with van der Waals surface area (Å²) in [6, 6.07) is 9.41. The third-order valence-electron chi connectivity index (χ3n) is 2.33. The molecule has 0 unspecified atom stereocenters. The third kappa shape index (κ3) is 1.48. The Morgan fingerprint density at radius 3 is 2.75 bits per heavy atom. The number of hydrogen-bond donors (Lipinski definition) is 1. The molecule has 1 heterocycles. The summed E-state index contributed by atoms with van der Waals surface area (Å²) in [7, 11) is 1.58. The highest BCUT2D eigenvalue weighted by atomic mass is 16.5. The Kier molecular flexibility index (Phi) is 2.52. The summed E-state index contributed by atoms with van der Waals surface area (Å²) in [6.07, 6.45) is 1.46. The van der Waals surface area contributed by atoms with E-state index in [2.05, 4.69) is 0 Å². The van der Waals surface area contributed by atoms with Gasteiger partial charge in [-0.3, -0.25) is 0 Å². The Hall–Kier alpha value is -2.41. The number of anilines is 1. The molecule has 0 radical (unpaired) electrons. The molecular formula is C12H10N2O2. The topological polar surface area (TPSA) is 72.2 Å². The number of hydrogen-bond acceptors (Lipinski definition) is 4. The Labute approximate surface area is 92.9 Å². The summed E-state index contributed by atoms with van der Waals surface area (Å²) in [6.45, 7) is 0. The van der Waals surface area contributed by atoms with Gasteiger partial charge in [0.15, 0.2) is 0 Å². The first-order valence-electron chi connectivity index (χ1n) is 4.68. The number of nitrogens with zero attached hydrogens (tertiary/aromatic N) is 1. The summed E-state index contributed by atoms with van der Waals surface area (Å²) in [5.74, 6) is 0.809. The van der Waals surface area contributed by atoms with Gasteiger partial charge in [0.1, 0.15) is 23.6 Å². The van der Waals surface area contributed by atoms with Gasteiger partial charge in [0.25, 0.3) is 0 Å². The molecular weight excluding hydrogens is 204 g/mol. The van der Waals surface area contributed by atoms with Crippen LogP contribution >= 0.6 is 0 Å². The van der Waals surface area contributed by atoms with Crippen molar-refractivity contribution in [2.45, 2.75) is 0 Å². The van der Waals surface area contributed by atoms with Gasteiger partial charge in [0.05, 0.1) is 7.11 Å². The van der Waals surface area contributed by atoms with Crippen molar-refractivity contribution in [1.29, 1.82) is 5.26 Å². The number of methoxy groups -OCH3 is 1. The summed E-state index contributed by atoms with van der Waals surface area (Å²) >= 11 is 0. The molecule has 80 valence electrons. The van der Waals surface area contributed by atoms with Crippen LogP contribution in [0.2, 0.25) is 0 Å². The average molecular weight is 214 g/mol. The van der Waals surface area contributed by atoms with Crippen molar-refractivity contribution in [3.8, 4) is 22.9 Å². The molecule has 0 spiro atoms. The van der Waals surface area contributed by atoms with Crippen LogP contribution in [0.4, 0.5) is 5.88 Å². The predicted molar refractivity (Wildman–Crippen MR) is 59.8 cm³/mol. The van der Waals surface area contributed by atoms with Gasteiger partial charge in [-0.1, -0.05) is 18.2 Å². The largest absolute Gasteiger partial charge is 0.496 e. The number of nitrogens with two attached hydrogens (primary N) is 1. The van der Waals surface area contributed by atoms with E-state index < -0.39 is 0 Å². The van der Waals surface area contributed by atoms with E-state index in [1.54, 1.807) is 7.11 Å². The SMILES string of the molecule is COc1ccccc1-c1coc(N)c1C#N. The fourth-order valence-corrected chi connectivity index (χ4v) is 1.55. The van der Waals surface area contributed by atoms with E-state index >= 15 is 0 Å². The van der Waals surface area contributed by atoms with Crippen molar-refractivity contribution < 1.29 is 9.15 Å². The lowest BCUT2D eigenvalue weighted by Gasteiger charge is -2.05. The highest BCUT2D eigenvalue weighted by Crippen LogP contribution is 2.35. The summed E-state index contributed by atoms with van der Waals surface area (Å²) in [5.41, 5.74) is 7.33. The van der Waals surface area contributed by atoms with Crippen LogP contribution in [0.1, 0.15) is 5.56 Å². The minimum Gasteiger partial charge on any atom is -0.496 e. The van der Waals surface area contributed by atoms with Crippen LogP contribution < -0.4 is 10.5 Å². The first-order valence-corrected chi connectivity index (χ1v) is 4.68. The zero-order valence-electron chi connectivity index (χ0n) is 8.73. The van der Waals surface area contributed by atoms with Gasteiger partial charge < -0.3 is 14.9 Å². The molecule has 0 fully saturated rings. The van der Waals surface area contributed by atoms with Gasteiger partial charge in [-0.2, -0.15) is 5.26 Å². The van der Waals surface area contributed by atoms with Crippen LogP contribution in [0.25, 0.3) is 11.1 Å². The standard InChI is InChI=1S/C12H10N2O2/c1-15-11-5-3-2-4-8(11)10-7-16-12(14)9(10)6-13/h2-5,7H,14H2,1H3. The van der Waals surface area contributed by atoms with E-state index in [0.29, 0.717) is 16.9 Å². The van der Waals surface area contributed by atoms with Crippen LogP contribution in [0.5, 0.6) is 5.75 Å². The molecule has 0 aliphatic rings. The number of rotatable bonds is 2. The zero-order valence-corrected chi connectivity index (χ0v) is 8.73. The van der Waals surface area contributed by atoms with Crippen LogP contribution in [-0.4, -0.2) is 7.11 Å². The molecule has 1 aromatic heterocycles. The van der Waals surface area contributed by atoms with E-state index in [1.807, 2.05) is 30.3 Å². The van der Waals surface area contributed by atoms with Crippen molar-refractivity contribution in [3.05, 3.63) is 36.1 Å². The first kappa shape index (κ1) is 10.1. The van der Waals surface area contributed by atoms with E-state index in [9.17, 15) is 0 Å². The molecule has 2 N–H and O–H groups in total. The summed E-state index contributed by atoms with van der Waals surface area (Å²) < 4.78 is 10.3. The van der Waals surface area contributed by atoms with E-state index in [0.717, 1.165) is 5.56 Å². The molecule has 16 heavy (non-hydrogen) atoms. The predicted octanol–water partition coefficient (Wildman–Crippen LogP) is 2.41. The normalized spacial score (nSPS) is 9.75. The lowest BCUT2D eigenvalue weighted by Crippen LogP contribution is -1.89. The molecule has 0 atom stereocenters. The number of nitrogen functional groups attached to an aromatic ring is 1. The van der Waals surface area contributed by atoms with Gasteiger partial charge in [0.2, 0.25) is 5.88 Å². The molecule has 2 rings (SSSR count). The molecule has 1 aromatic carbocycles. The van der Waals surface area contributed by atoms with Crippen LogP contribution in [0.3, 0.4) is 0 Å². The molecule has 4 nitrogen and oxygen atoms in total. The summed E-state index contributed by atoms with van der Waals surface area (Å²) in [5, 5.41) is 8.98. The monoisotopic (exact) mass is 214 g/mol. The molecule has 0 bridgehead atoms. The van der Waals surface area contributed by atoms with Crippen LogP contribution in [0.15, 0.2) is 34.9 Å². The van der Waals surface area contributed by atoms with Gasteiger partial charge >= 0.3 is 0 Å². The van der Waals surface area contributed by atoms with Gasteiger partial charge in [0, 0.05) is 11.1 Å². The van der Waals surface area contributed by atoms with Gasteiger partial charge in [-0.15, -0.1) is 0 Å². The molecule has 0 saturated carbocycles. The third-order valence-corrected chi connectivity index (χ3v) is 2.33. The van der Waals surface area contributed by atoms with Crippen LogP contribution in [-0.2, 0) is 0 Å². The van der Waals surface area contributed by atoms with Crippen molar-refractivity contribution in [2.24, 2.45) is 0 Å². The van der Waals surface area contributed by atoms with Gasteiger partial charge in [-0.25, -0.2) is 0 Å². The smallest absolute Gasteiger partial charge is 0.208 e. The Morgan fingerprint density at radius 1 is 1.31 bits per heavy atom. The maximum Gasteiger partial charge on any atom is 0.208 e. The molecule has 0 saturated heterocycles. The van der Waals surface area contributed by atoms with Crippen molar-refractivity contribution in [2.75, 3.05) is 12.8 Å². The van der Waals surface area contributed by atoms with Crippen molar-refractivity contribution in [1.82, 2.24) is 0 Å². The van der Waals surface area contributed by atoms with E-state index in [4.69, 9.17) is 20.1 Å². The molecule has 0 aliphatic carbocycles. The highest BCUT2D eigenvalue weighted by molar-refractivity contribution is 5.78. The Morgan fingerprint density at radius 2 is 2.06 bits per heavy atom. The maximum atomic E-state index is 8.98. The second kappa shape index (κ2) is 3.99. The molecule has 2 aromatic rings. The van der Waals surface area contributed by atoms with Crippen molar-refractivity contribution >= 4 is 5.88 Å². The fraction of sp³-hybridized carbons (Fsp3) is 0.0833. The number of furan rings is 1. The number of para-hydroxylation sites is 1. The quantitative estimate of drug-likeness (QED) is 0.833. The van der Waals surface area contributed by atoms with E-state index in [-0.39, 0.29) is 5.88 Å². The molecule has 0 aliphatic heterocycles. The van der Waals surface area contributed by atoms with Crippen molar-refractivity contribution in [3.63, 3.8) is 0 Å². The second-order valence-electron chi connectivity index (χ2n) is 3.20. The number of nitriles is 1. The lowest BCUT2D eigenvalue weighted by atomic mass is 10.0. The zero-order chi connectivity index (χ0) is 11.5. The number of ether oxygens (including phenoxy) is 1. The maximum absolute atomic E-state index is 8.98. The first-order chi connectivity index (χ1) is 7.77. The molecule has 0 amide bonds. The van der Waals surface area contributed by atoms with Crippen LogP contribution in [0, 0.1) is 11.3 Å². The minimum atomic E-state index is 0.128. The molecule has 4 heteroatoms. The lowest BCUT2D eigenvalue weighted by molar-refractivity contribution is 0.416. The summed E-state index contributed by atoms with van der Waals surface area (Å²) in [4.78, 5) is 0. The fourth-order valence-electron chi connectivity index (χ4n) is 1.55. The minimum absolute atomic E-state index is 0.128. The Bertz CT molecular complexity index is 552. The highest BCUT2D eigenvalue weighted by Gasteiger charge is 2.15. The Balaban J connectivity index is 2.64. The average Bonchev–Trinajstić information content (AvgIpc) is 2.70. The van der Waals surface area contributed by atoms with E-state index in [1.165, 1.54) is 6.26 Å².